The van der Waals surface area contributed by atoms with E-state index in [0.29, 0.717) is 6.61 Å². The first kappa shape index (κ1) is 25.1. The fraction of sp³-hybridized carbons (Fsp3) is 0.706. The molecule has 12 heteroatoms. The Balaban J connectivity index is 3.29. The van der Waals surface area contributed by atoms with Gasteiger partial charge >= 0.3 is 23.9 Å². The van der Waals surface area contributed by atoms with Crippen LogP contribution in [0.4, 0.5) is 0 Å². The van der Waals surface area contributed by atoms with Crippen molar-refractivity contribution in [2.45, 2.75) is 64.5 Å². The van der Waals surface area contributed by atoms with Gasteiger partial charge in [-0.25, -0.2) is 0 Å². The van der Waals surface area contributed by atoms with E-state index in [2.05, 4.69) is 0 Å². The standard InChI is InChI=1S/C17H24O10S2/c1-6-22-17(28)29-16-15(26-11(5)21)14(25-10(4)20)13(24-9(3)19)12(27-16)7-23-8(2)18/h12-16H,6-7H2,1-5H3/t12-,13-,14+,15+,16+/m0/s1. The first-order chi connectivity index (χ1) is 13.5. The summed E-state index contributed by atoms with van der Waals surface area (Å²) in [6, 6.07) is 0. The van der Waals surface area contributed by atoms with Crippen LogP contribution in [0.5, 0.6) is 0 Å². The van der Waals surface area contributed by atoms with Crippen molar-refractivity contribution in [3.05, 3.63) is 0 Å². The molecule has 0 bridgehead atoms. The van der Waals surface area contributed by atoms with Crippen molar-refractivity contribution in [2.24, 2.45) is 0 Å². The Morgan fingerprint density at radius 2 is 1.34 bits per heavy atom. The zero-order valence-electron chi connectivity index (χ0n) is 16.7. The molecule has 0 aromatic carbocycles. The van der Waals surface area contributed by atoms with E-state index in [0.717, 1.165) is 25.6 Å². The van der Waals surface area contributed by atoms with Crippen LogP contribution in [-0.4, -0.2) is 71.3 Å². The van der Waals surface area contributed by atoms with Gasteiger partial charge in [0.15, 0.2) is 23.7 Å². The number of thiocarbonyl (C=S) groups is 1. The second-order valence-corrected chi connectivity index (χ2v) is 7.57. The Morgan fingerprint density at radius 3 is 1.83 bits per heavy atom. The fourth-order valence-electron chi connectivity index (χ4n) is 2.53. The van der Waals surface area contributed by atoms with Crippen LogP contribution in [0.3, 0.4) is 0 Å². The van der Waals surface area contributed by atoms with Gasteiger partial charge in [-0.2, -0.15) is 0 Å². The predicted octanol–water partition coefficient (Wildman–Crippen LogP) is 1.12. The van der Waals surface area contributed by atoms with Gasteiger partial charge in [-0.3, -0.25) is 19.2 Å². The van der Waals surface area contributed by atoms with Crippen LogP contribution in [0.1, 0.15) is 34.6 Å². The number of carbonyl (C=O) groups excluding carboxylic acids is 4. The maximum Gasteiger partial charge on any atom is 0.303 e. The van der Waals surface area contributed by atoms with Gasteiger partial charge in [0.1, 0.15) is 12.7 Å². The normalized spacial score (nSPS) is 26.0. The number of thioether (sulfide) groups is 1. The van der Waals surface area contributed by atoms with Crippen molar-refractivity contribution >= 4 is 52.2 Å². The predicted molar refractivity (Wildman–Crippen MR) is 104 cm³/mol. The van der Waals surface area contributed by atoms with Gasteiger partial charge in [0.2, 0.25) is 4.38 Å². The lowest BCUT2D eigenvalue weighted by atomic mass is 9.99. The summed E-state index contributed by atoms with van der Waals surface area (Å²) in [6.07, 6.45) is -4.60. The number of hydrogen-bond acceptors (Lipinski definition) is 12. The Kier molecular flexibility index (Phi) is 10.3. The molecule has 1 saturated heterocycles. The fourth-order valence-corrected chi connectivity index (χ4v) is 3.85. The third-order valence-corrected chi connectivity index (χ3v) is 4.75. The maximum absolute atomic E-state index is 11.7. The second kappa shape index (κ2) is 11.9. The second-order valence-electron chi connectivity index (χ2n) is 5.87. The summed E-state index contributed by atoms with van der Waals surface area (Å²) in [5.41, 5.74) is -0.977. The quantitative estimate of drug-likeness (QED) is 0.312. The highest BCUT2D eigenvalue weighted by Crippen LogP contribution is 2.35. The molecule has 0 aliphatic carbocycles. The molecule has 0 unspecified atom stereocenters. The molecule has 10 nitrogen and oxygen atoms in total. The largest absolute Gasteiger partial charge is 0.479 e. The molecule has 1 heterocycles. The highest BCUT2D eigenvalue weighted by Gasteiger charge is 2.52. The average molecular weight is 453 g/mol. The zero-order chi connectivity index (χ0) is 22.1. The molecule has 29 heavy (non-hydrogen) atoms. The van der Waals surface area contributed by atoms with Crippen LogP contribution in [0.2, 0.25) is 0 Å². The van der Waals surface area contributed by atoms with Crippen LogP contribution in [0.15, 0.2) is 0 Å². The number of esters is 4. The zero-order valence-corrected chi connectivity index (χ0v) is 18.3. The van der Waals surface area contributed by atoms with E-state index in [1.807, 2.05) is 0 Å². The molecule has 1 aliphatic rings. The molecule has 1 aliphatic heterocycles. The first-order valence-electron chi connectivity index (χ1n) is 8.69. The van der Waals surface area contributed by atoms with Gasteiger partial charge < -0.3 is 28.4 Å². The van der Waals surface area contributed by atoms with E-state index < -0.39 is 53.7 Å². The Hall–Kier alpha value is -1.92. The minimum atomic E-state index is -1.23. The molecule has 1 fully saturated rings. The molecule has 0 amide bonds. The molecule has 164 valence electrons. The Labute approximate surface area is 177 Å². The van der Waals surface area contributed by atoms with Crippen molar-refractivity contribution in [3.63, 3.8) is 0 Å². The molecule has 5 atom stereocenters. The van der Waals surface area contributed by atoms with Crippen molar-refractivity contribution in [1.29, 1.82) is 0 Å². The molecule has 0 N–H and O–H groups in total. The van der Waals surface area contributed by atoms with Crippen LogP contribution in [0, 0.1) is 0 Å². The third kappa shape index (κ3) is 8.54. The number of rotatable bonds is 7. The molecule has 1 rings (SSSR count). The summed E-state index contributed by atoms with van der Waals surface area (Å²) in [6.45, 7) is 6.41. The molecular weight excluding hydrogens is 428 g/mol. The van der Waals surface area contributed by atoms with E-state index in [1.54, 1.807) is 6.92 Å². The summed E-state index contributed by atoms with van der Waals surface area (Å²) in [5.74, 6) is -2.66. The van der Waals surface area contributed by atoms with Crippen molar-refractivity contribution in [3.8, 4) is 0 Å². The third-order valence-electron chi connectivity index (χ3n) is 3.42. The van der Waals surface area contributed by atoms with Crippen molar-refractivity contribution in [2.75, 3.05) is 13.2 Å². The minimum Gasteiger partial charge on any atom is -0.479 e. The number of carbonyl (C=O) groups is 4. The van der Waals surface area contributed by atoms with Gasteiger partial charge in [-0.15, -0.1) is 0 Å². The molecule has 0 aromatic heterocycles. The van der Waals surface area contributed by atoms with Crippen LogP contribution in [0.25, 0.3) is 0 Å². The van der Waals surface area contributed by atoms with Gasteiger partial charge in [-0.1, -0.05) is 0 Å². The van der Waals surface area contributed by atoms with Gasteiger partial charge in [0.05, 0.1) is 6.61 Å². The van der Waals surface area contributed by atoms with Crippen molar-refractivity contribution in [1.82, 2.24) is 0 Å². The first-order valence-corrected chi connectivity index (χ1v) is 9.97. The topological polar surface area (TPSA) is 124 Å². The van der Waals surface area contributed by atoms with Crippen LogP contribution < -0.4 is 0 Å². The summed E-state index contributed by atoms with van der Waals surface area (Å²) in [7, 11) is 0. The lowest BCUT2D eigenvalue weighted by Crippen LogP contribution is -2.61. The molecule has 0 aromatic rings. The van der Waals surface area contributed by atoms with E-state index >= 15 is 0 Å². The van der Waals surface area contributed by atoms with E-state index in [1.165, 1.54) is 13.8 Å². The summed E-state index contributed by atoms with van der Waals surface area (Å²) >= 11 is 6.04. The number of hydrogen-bond donors (Lipinski definition) is 0. The monoisotopic (exact) mass is 452 g/mol. The SMILES string of the molecule is CCOC(=S)S[C@H]1O[C@@H](COC(C)=O)[C@H](OC(C)=O)[C@@H](OC(C)=O)[C@H]1OC(C)=O. The van der Waals surface area contributed by atoms with E-state index in [9.17, 15) is 19.2 Å². The number of ether oxygens (including phenoxy) is 6. The highest BCUT2D eigenvalue weighted by molar-refractivity contribution is 8.22. The lowest BCUT2D eigenvalue weighted by Gasteiger charge is -2.43. The van der Waals surface area contributed by atoms with E-state index in [4.69, 9.17) is 40.6 Å². The van der Waals surface area contributed by atoms with Crippen molar-refractivity contribution < 1.29 is 47.6 Å². The van der Waals surface area contributed by atoms with Gasteiger partial charge in [0, 0.05) is 27.7 Å². The van der Waals surface area contributed by atoms with Gasteiger partial charge in [0.25, 0.3) is 0 Å². The summed E-state index contributed by atoms with van der Waals surface area (Å²) in [5, 5.41) is 0. The molecule has 0 saturated carbocycles. The molecule has 0 radical (unpaired) electrons. The maximum atomic E-state index is 11.7. The van der Waals surface area contributed by atoms with E-state index in [-0.39, 0.29) is 11.0 Å². The minimum absolute atomic E-state index is 0.105. The van der Waals surface area contributed by atoms with Crippen LogP contribution in [-0.2, 0) is 47.6 Å². The Morgan fingerprint density at radius 1 is 0.828 bits per heavy atom. The van der Waals surface area contributed by atoms with Gasteiger partial charge in [-0.05, 0) is 30.9 Å². The molecular formula is C17H24O10S2. The molecule has 0 spiro atoms. The summed E-state index contributed by atoms with van der Waals surface area (Å²) < 4.78 is 32.1. The van der Waals surface area contributed by atoms with Crippen LogP contribution >= 0.6 is 24.0 Å². The Bertz CT molecular complexity index is 638. The highest BCUT2D eigenvalue weighted by atomic mass is 32.2. The smallest absolute Gasteiger partial charge is 0.303 e. The average Bonchev–Trinajstić information content (AvgIpc) is 2.57. The summed E-state index contributed by atoms with van der Waals surface area (Å²) in [4.78, 5) is 46.2. The lowest BCUT2D eigenvalue weighted by molar-refractivity contribution is -0.237.